The molecule has 0 aromatic rings. The fourth-order valence-electron chi connectivity index (χ4n) is 1.63. The molecule has 0 heterocycles. The molecule has 17 heavy (non-hydrogen) atoms. The molecule has 0 amide bonds. The molecular weight excluding hydrogens is 248 g/mol. The lowest BCUT2D eigenvalue weighted by Crippen LogP contribution is -2.50. The molecule has 0 bridgehead atoms. The van der Waals surface area contributed by atoms with E-state index >= 15 is 0 Å². The molecule has 0 aliphatic carbocycles. The number of halogens is 6. The zero-order chi connectivity index (χ0) is 13.9. The molecule has 0 saturated carbocycles. The predicted octanol–water partition coefficient (Wildman–Crippen LogP) is 3.75. The van der Waals surface area contributed by atoms with Crippen molar-refractivity contribution < 1.29 is 26.3 Å². The van der Waals surface area contributed by atoms with Crippen molar-refractivity contribution in [2.45, 2.75) is 45.1 Å². The van der Waals surface area contributed by atoms with Gasteiger partial charge in [-0.15, -0.1) is 0 Å². The second-order valence-electron chi connectivity index (χ2n) is 4.43. The zero-order valence-corrected chi connectivity index (χ0v) is 9.91. The van der Waals surface area contributed by atoms with Crippen molar-refractivity contribution in [1.29, 1.82) is 0 Å². The van der Waals surface area contributed by atoms with Crippen LogP contribution in [0, 0.1) is 11.8 Å². The zero-order valence-electron chi connectivity index (χ0n) is 9.91. The van der Waals surface area contributed by atoms with Crippen LogP contribution in [0.2, 0.25) is 0 Å². The van der Waals surface area contributed by atoms with Gasteiger partial charge in [0.05, 0.1) is 0 Å². The molecule has 1 unspecified atom stereocenters. The molecule has 0 aliphatic rings. The monoisotopic (exact) mass is 265 g/mol. The molecule has 104 valence electrons. The smallest absolute Gasteiger partial charge is 0.316 e. The second-order valence-corrected chi connectivity index (χ2v) is 4.43. The van der Waals surface area contributed by atoms with Gasteiger partial charge in [-0.05, 0) is 25.8 Å². The highest BCUT2D eigenvalue weighted by molar-refractivity contribution is 4.86. The number of hydrogen-bond donors (Lipinski definition) is 1. The van der Waals surface area contributed by atoms with Crippen LogP contribution in [-0.2, 0) is 0 Å². The van der Waals surface area contributed by atoms with Gasteiger partial charge in [-0.25, -0.2) is 0 Å². The van der Waals surface area contributed by atoms with Gasteiger partial charge < -0.3 is 5.32 Å². The average molecular weight is 265 g/mol. The standard InChI is InChI=1S/C10H17F6N/c1-6(2)4-5-7(17-3)8(9(11,12)13)10(14,15)16/h6-8,17H,4-5H2,1-3H3. The topological polar surface area (TPSA) is 12.0 Å². The summed E-state index contributed by atoms with van der Waals surface area (Å²) in [5.74, 6) is -3.24. The SMILES string of the molecule is CNC(CCC(C)C)C(C(F)(F)F)C(F)(F)F. The molecule has 0 aromatic carbocycles. The summed E-state index contributed by atoms with van der Waals surface area (Å²) >= 11 is 0. The average Bonchev–Trinajstić information content (AvgIpc) is 2.06. The first-order valence-corrected chi connectivity index (χ1v) is 5.30. The molecule has 1 nitrogen and oxygen atoms in total. The molecule has 0 aromatic heterocycles. The van der Waals surface area contributed by atoms with Crippen LogP contribution >= 0.6 is 0 Å². The Labute approximate surface area is 96.6 Å². The molecule has 1 N–H and O–H groups in total. The van der Waals surface area contributed by atoms with Crippen molar-refractivity contribution in [2.75, 3.05) is 7.05 Å². The Balaban J connectivity index is 4.88. The summed E-state index contributed by atoms with van der Waals surface area (Å²) in [6, 6.07) is -1.63. The third-order valence-corrected chi connectivity index (χ3v) is 2.53. The first-order chi connectivity index (χ1) is 7.50. The van der Waals surface area contributed by atoms with E-state index in [1.807, 2.05) is 0 Å². The highest BCUT2D eigenvalue weighted by Gasteiger charge is 2.59. The second kappa shape index (κ2) is 5.93. The van der Waals surface area contributed by atoms with E-state index in [9.17, 15) is 26.3 Å². The quantitative estimate of drug-likeness (QED) is 0.746. The maximum Gasteiger partial charge on any atom is 0.401 e. The van der Waals surface area contributed by atoms with E-state index in [1.54, 1.807) is 13.8 Å². The number of nitrogens with one attached hydrogen (secondary N) is 1. The number of alkyl halides is 6. The van der Waals surface area contributed by atoms with Crippen LogP contribution in [-0.4, -0.2) is 25.4 Å². The van der Waals surface area contributed by atoms with Crippen LogP contribution in [0.3, 0.4) is 0 Å². The van der Waals surface area contributed by atoms with Crippen molar-refractivity contribution >= 4 is 0 Å². The van der Waals surface area contributed by atoms with Gasteiger partial charge in [-0.3, -0.25) is 0 Å². The van der Waals surface area contributed by atoms with E-state index in [4.69, 9.17) is 0 Å². The summed E-state index contributed by atoms with van der Waals surface area (Å²) in [7, 11) is 1.12. The molecule has 0 radical (unpaired) electrons. The van der Waals surface area contributed by atoms with Gasteiger partial charge in [0.25, 0.3) is 0 Å². The van der Waals surface area contributed by atoms with Crippen molar-refractivity contribution in [3.63, 3.8) is 0 Å². The Morgan fingerprint density at radius 1 is 0.882 bits per heavy atom. The summed E-state index contributed by atoms with van der Waals surface area (Å²) in [6.07, 6.45) is -10.4. The lowest BCUT2D eigenvalue weighted by molar-refractivity contribution is -0.291. The first-order valence-electron chi connectivity index (χ1n) is 5.30. The Bertz CT molecular complexity index is 206. The van der Waals surface area contributed by atoms with Crippen LogP contribution in [0.15, 0.2) is 0 Å². The summed E-state index contributed by atoms with van der Waals surface area (Å²) in [4.78, 5) is 0. The lowest BCUT2D eigenvalue weighted by Gasteiger charge is -2.30. The molecule has 0 aliphatic heterocycles. The molecule has 1 atom stereocenters. The van der Waals surface area contributed by atoms with E-state index < -0.39 is 24.3 Å². The van der Waals surface area contributed by atoms with E-state index in [0.717, 1.165) is 7.05 Å². The van der Waals surface area contributed by atoms with Gasteiger partial charge in [0.2, 0.25) is 0 Å². The van der Waals surface area contributed by atoms with Crippen molar-refractivity contribution in [1.82, 2.24) is 5.32 Å². The summed E-state index contributed by atoms with van der Waals surface area (Å²) in [6.45, 7) is 3.51. The van der Waals surface area contributed by atoms with Crippen molar-refractivity contribution in [3.05, 3.63) is 0 Å². The van der Waals surface area contributed by atoms with Crippen LogP contribution in [0.1, 0.15) is 26.7 Å². The van der Waals surface area contributed by atoms with Gasteiger partial charge in [0.15, 0.2) is 5.92 Å². The minimum atomic E-state index is -5.27. The Hall–Kier alpha value is -0.460. The normalized spacial score (nSPS) is 15.7. The fraction of sp³-hybridized carbons (Fsp3) is 1.00. The minimum Gasteiger partial charge on any atom is -0.316 e. The van der Waals surface area contributed by atoms with Crippen molar-refractivity contribution in [3.8, 4) is 0 Å². The summed E-state index contributed by atoms with van der Waals surface area (Å²) in [5, 5.41) is 2.13. The molecule has 0 fully saturated rings. The Kier molecular flexibility index (Phi) is 5.77. The van der Waals surface area contributed by atoms with Crippen LogP contribution in [0.5, 0.6) is 0 Å². The first kappa shape index (κ1) is 16.5. The van der Waals surface area contributed by atoms with Gasteiger partial charge in [0, 0.05) is 6.04 Å². The maximum atomic E-state index is 12.4. The van der Waals surface area contributed by atoms with Crippen LogP contribution in [0.4, 0.5) is 26.3 Å². The molecular formula is C10H17F6N. The van der Waals surface area contributed by atoms with Gasteiger partial charge in [-0.1, -0.05) is 13.8 Å². The van der Waals surface area contributed by atoms with Crippen molar-refractivity contribution in [2.24, 2.45) is 11.8 Å². The fourth-order valence-corrected chi connectivity index (χ4v) is 1.63. The molecule has 0 rings (SSSR count). The maximum absolute atomic E-state index is 12.4. The van der Waals surface area contributed by atoms with Gasteiger partial charge >= 0.3 is 12.4 Å². The highest BCUT2D eigenvalue weighted by Crippen LogP contribution is 2.42. The third kappa shape index (κ3) is 5.61. The minimum absolute atomic E-state index is 0.0629. The van der Waals surface area contributed by atoms with E-state index in [-0.39, 0.29) is 12.3 Å². The van der Waals surface area contributed by atoms with E-state index in [1.165, 1.54) is 0 Å². The van der Waals surface area contributed by atoms with E-state index in [2.05, 4.69) is 5.32 Å². The lowest BCUT2D eigenvalue weighted by atomic mass is 9.92. The van der Waals surface area contributed by atoms with E-state index in [0.29, 0.717) is 6.42 Å². The van der Waals surface area contributed by atoms with Crippen LogP contribution < -0.4 is 5.32 Å². The van der Waals surface area contributed by atoms with Crippen LogP contribution in [0.25, 0.3) is 0 Å². The van der Waals surface area contributed by atoms with Gasteiger partial charge in [-0.2, -0.15) is 26.3 Å². The molecule has 7 heteroatoms. The predicted molar refractivity (Wildman–Crippen MR) is 52.5 cm³/mol. The summed E-state index contributed by atoms with van der Waals surface area (Å²) in [5.41, 5.74) is 0. The largest absolute Gasteiger partial charge is 0.401 e. The summed E-state index contributed by atoms with van der Waals surface area (Å²) < 4.78 is 74.5. The Morgan fingerprint density at radius 2 is 1.29 bits per heavy atom. The molecule has 0 spiro atoms. The highest BCUT2D eigenvalue weighted by atomic mass is 19.4. The Morgan fingerprint density at radius 3 is 1.53 bits per heavy atom. The molecule has 0 saturated heterocycles. The third-order valence-electron chi connectivity index (χ3n) is 2.53. The number of rotatable bonds is 5. The van der Waals surface area contributed by atoms with Gasteiger partial charge in [0.1, 0.15) is 0 Å². The number of hydrogen-bond acceptors (Lipinski definition) is 1.